The second-order valence-electron chi connectivity index (χ2n) is 11.1. The maximum atomic E-state index is 17.3. The van der Waals surface area contributed by atoms with Crippen LogP contribution < -0.4 is 0 Å². The van der Waals surface area contributed by atoms with Gasteiger partial charge in [0.2, 0.25) is 10.9 Å². The van der Waals surface area contributed by atoms with E-state index in [9.17, 15) is 23.9 Å². The van der Waals surface area contributed by atoms with Crippen LogP contribution in [0.1, 0.15) is 57.0 Å². The molecule has 8 atom stereocenters. The molecule has 6 nitrogen and oxygen atoms in total. The van der Waals surface area contributed by atoms with Crippen LogP contribution in [0, 0.1) is 28.6 Å². The zero-order valence-corrected chi connectivity index (χ0v) is 21.6. The van der Waals surface area contributed by atoms with Gasteiger partial charge in [0.15, 0.2) is 11.4 Å². The second-order valence-corrected chi connectivity index (χ2v) is 12.0. The first-order valence-electron chi connectivity index (χ1n) is 12.4. The van der Waals surface area contributed by atoms with E-state index in [-0.39, 0.29) is 37.0 Å². The molecule has 1 aromatic rings. The molecule has 3 saturated carbocycles. The highest BCUT2D eigenvalue weighted by Gasteiger charge is 2.76. The quantitative estimate of drug-likeness (QED) is 0.481. The van der Waals surface area contributed by atoms with E-state index in [1.807, 2.05) is 0 Å². The summed E-state index contributed by atoms with van der Waals surface area (Å²) >= 11 is 0.395. The number of aliphatic hydroxyl groups excluding tert-OH is 1. The summed E-state index contributed by atoms with van der Waals surface area (Å²) in [4.78, 5) is 38.7. The third-order valence-electron chi connectivity index (χ3n) is 9.81. The van der Waals surface area contributed by atoms with Crippen molar-refractivity contribution in [1.29, 1.82) is 0 Å². The number of alkyl halides is 3. The Kier molecular flexibility index (Phi) is 6.01. The normalized spacial score (nSPS) is 42.7. The molecule has 0 spiro atoms. The molecule has 37 heavy (non-hydrogen) atoms. The van der Waals surface area contributed by atoms with Gasteiger partial charge in [0.25, 0.3) is 0 Å². The van der Waals surface area contributed by atoms with E-state index in [1.54, 1.807) is 13.8 Å². The average Bonchev–Trinajstić information content (AvgIpc) is 3.45. The highest BCUT2D eigenvalue weighted by atomic mass is 32.2. The lowest BCUT2D eigenvalue weighted by Crippen LogP contribution is -2.66. The number of fused-ring (bicyclic) bond motifs is 5. The molecule has 4 aliphatic carbocycles. The largest absolute Gasteiger partial charge is 0.511 e. The van der Waals surface area contributed by atoms with Crippen LogP contribution in [-0.4, -0.2) is 45.4 Å². The molecule has 0 unspecified atom stereocenters. The maximum absolute atomic E-state index is 17.3. The minimum absolute atomic E-state index is 0.0556. The maximum Gasteiger partial charge on any atom is 0.375 e. The third-order valence-corrected chi connectivity index (χ3v) is 10.5. The number of aliphatic hydroxyl groups is 1. The van der Waals surface area contributed by atoms with Gasteiger partial charge in [0, 0.05) is 23.3 Å². The van der Waals surface area contributed by atoms with E-state index in [0.29, 0.717) is 11.8 Å². The summed E-state index contributed by atoms with van der Waals surface area (Å²) in [6.45, 7) is 4.86. The number of ketones is 1. The molecule has 5 rings (SSSR count). The van der Waals surface area contributed by atoms with E-state index in [1.165, 1.54) is 25.3 Å². The summed E-state index contributed by atoms with van der Waals surface area (Å²) in [6.07, 6.45) is 1.45. The fourth-order valence-electron chi connectivity index (χ4n) is 7.96. The Morgan fingerprint density at radius 2 is 1.95 bits per heavy atom. The van der Waals surface area contributed by atoms with Gasteiger partial charge in [-0.05, 0) is 74.1 Å². The van der Waals surface area contributed by atoms with E-state index >= 15 is 8.78 Å². The number of halogens is 3. The standard InChI is InChI=1S/C27H29F3O6S/c1-14-9-16-17-12-19(29)18-10-15(31)11-21(32)25(18,3)26(17,30)7-6-24(16,2)27(14,23(34)37-13-28)36-22(33)20-5-4-8-35-20/h4-5,8,10-11,14,16-17,19,32H,6-7,9,12-13H2,1-3H3/t14-,16+,17+,19+,24+,25-,26-,27+/m1/s1. The monoisotopic (exact) mass is 538 g/mol. The molecule has 0 saturated heterocycles. The third kappa shape index (κ3) is 3.23. The molecule has 10 heteroatoms. The molecule has 0 bridgehead atoms. The fourth-order valence-corrected chi connectivity index (χ4v) is 8.75. The lowest BCUT2D eigenvalue weighted by molar-refractivity contribution is -0.184. The van der Waals surface area contributed by atoms with Crippen LogP contribution in [0.25, 0.3) is 0 Å². The number of hydrogen-bond donors (Lipinski definition) is 1. The fraction of sp³-hybridized carbons (Fsp3) is 0.593. The highest BCUT2D eigenvalue weighted by molar-refractivity contribution is 8.13. The Bertz CT molecular complexity index is 1210. The van der Waals surface area contributed by atoms with Crippen LogP contribution in [0.3, 0.4) is 0 Å². The van der Waals surface area contributed by atoms with Gasteiger partial charge in [0.1, 0.15) is 23.6 Å². The van der Waals surface area contributed by atoms with Crippen LogP contribution in [0.15, 0.2) is 46.3 Å². The first kappa shape index (κ1) is 26.1. The highest BCUT2D eigenvalue weighted by Crippen LogP contribution is 2.72. The molecular formula is C27H29F3O6S. The molecule has 1 heterocycles. The van der Waals surface area contributed by atoms with Gasteiger partial charge >= 0.3 is 5.97 Å². The molecule has 0 aromatic carbocycles. The number of rotatable bonds is 4. The predicted octanol–water partition coefficient (Wildman–Crippen LogP) is 5.84. The number of hydrogen-bond acceptors (Lipinski definition) is 7. The number of esters is 1. The predicted molar refractivity (Wildman–Crippen MR) is 129 cm³/mol. The summed E-state index contributed by atoms with van der Waals surface area (Å²) in [5.41, 5.74) is -6.89. The molecule has 0 amide bonds. The summed E-state index contributed by atoms with van der Waals surface area (Å²) in [7, 11) is 0. The topological polar surface area (TPSA) is 93.8 Å². The number of allylic oxidation sites excluding steroid dienone is 3. The Labute approximate surface area is 216 Å². The van der Waals surface area contributed by atoms with Gasteiger partial charge in [-0.1, -0.05) is 13.8 Å². The van der Waals surface area contributed by atoms with E-state index in [0.717, 1.165) is 12.2 Å². The smallest absolute Gasteiger partial charge is 0.375 e. The number of carbonyl (C=O) groups excluding carboxylic acids is 3. The van der Waals surface area contributed by atoms with Gasteiger partial charge < -0.3 is 14.3 Å². The van der Waals surface area contributed by atoms with Crippen molar-refractivity contribution in [3.8, 4) is 0 Å². The van der Waals surface area contributed by atoms with Gasteiger partial charge in [0.05, 0.1) is 11.7 Å². The number of carbonyl (C=O) groups is 3. The Morgan fingerprint density at radius 1 is 1.22 bits per heavy atom. The molecule has 0 radical (unpaired) electrons. The second kappa shape index (κ2) is 8.51. The van der Waals surface area contributed by atoms with Gasteiger partial charge in [-0.2, -0.15) is 0 Å². The summed E-state index contributed by atoms with van der Waals surface area (Å²) in [5.74, 6) is -4.34. The van der Waals surface area contributed by atoms with Crippen molar-refractivity contribution in [2.45, 2.75) is 63.9 Å². The lowest BCUT2D eigenvalue weighted by Gasteiger charge is -2.61. The first-order valence-corrected chi connectivity index (χ1v) is 13.4. The van der Waals surface area contributed by atoms with Crippen LogP contribution in [0.2, 0.25) is 0 Å². The van der Waals surface area contributed by atoms with Crippen molar-refractivity contribution in [3.05, 3.63) is 47.6 Å². The van der Waals surface area contributed by atoms with Crippen LogP contribution in [0.5, 0.6) is 0 Å². The first-order chi connectivity index (χ1) is 17.4. The molecule has 1 aromatic heterocycles. The van der Waals surface area contributed by atoms with Crippen molar-refractivity contribution in [2.75, 3.05) is 6.01 Å². The Morgan fingerprint density at radius 3 is 2.59 bits per heavy atom. The number of ether oxygens (including phenoxy) is 1. The zero-order chi connectivity index (χ0) is 27.0. The van der Waals surface area contributed by atoms with E-state index in [4.69, 9.17) is 9.15 Å². The molecule has 0 aliphatic heterocycles. The number of furan rings is 1. The van der Waals surface area contributed by atoms with E-state index in [2.05, 4.69) is 0 Å². The van der Waals surface area contributed by atoms with Gasteiger partial charge in [-0.25, -0.2) is 18.0 Å². The van der Waals surface area contributed by atoms with Crippen LogP contribution in [0.4, 0.5) is 13.2 Å². The minimum Gasteiger partial charge on any atom is -0.511 e. The Balaban J connectivity index is 1.61. The van der Waals surface area contributed by atoms with Crippen LogP contribution in [-0.2, 0) is 14.3 Å². The summed E-state index contributed by atoms with van der Waals surface area (Å²) in [5, 5.41) is 10.1. The van der Waals surface area contributed by atoms with E-state index < -0.39 is 74.7 Å². The lowest BCUT2D eigenvalue weighted by atomic mass is 9.45. The van der Waals surface area contributed by atoms with Crippen molar-refractivity contribution < 1.29 is 41.8 Å². The average molecular weight is 539 g/mol. The molecule has 4 aliphatic rings. The van der Waals surface area contributed by atoms with Crippen LogP contribution >= 0.6 is 11.8 Å². The Hall–Kier alpha value is -2.49. The molecule has 3 fully saturated rings. The zero-order valence-electron chi connectivity index (χ0n) is 20.8. The molecular weight excluding hydrogens is 509 g/mol. The van der Waals surface area contributed by atoms with Gasteiger partial charge in [-0.15, -0.1) is 0 Å². The van der Waals surface area contributed by atoms with Crippen molar-refractivity contribution in [2.24, 2.45) is 28.6 Å². The number of thioether (sulfide) groups is 1. The van der Waals surface area contributed by atoms with Crippen molar-refractivity contribution >= 4 is 28.6 Å². The molecule has 200 valence electrons. The van der Waals surface area contributed by atoms with Gasteiger partial charge in [-0.3, -0.25) is 9.59 Å². The van der Waals surface area contributed by atoms with Crippen molar-refractivity contribution in [1.82, 2.24) is 0 Å². The SMILES string of the molecule is C[C@@H]1C[C@H]2[C@@H]3C[C@H](F)C4=CC(=O)C=C(O)[C@]4(C)[C@@]3(F)CC[C@]2(C)[C@@]1(OC(=O)c1ccco1)C(=O)SCF. The van der Waals surface area contributed by atoms with Crippen molar-refractivity contribution in [3.63, 3.8) is 0 Å². The summed E-state index contributed by atoms with van der Waals surface area (Å²) in [6, 6.07) is 1.85. The molecule has 1 N–H and O–H groups in total. The minimum atomic E-state index is -2.12. The summed E-state index contributed by atoms with van der Waals surface area (Å²) < 4.78 is 57.5.